The number of nitrogens with two attached hydrogens (primary N) is 1. The average molecular weight is 233 g/mol. The van der Waals surface area contributed by atoms with Gasteiger partial charge in [0.2, 0.25) is 0 Å². The van der Waals surface area contributed by atoms with Crippen molar-refractivity contribution in [1.29, 1.82) is 0 Å². The number of nitrogens with zero attached hydrogens (tertiary/aromatic N) is 4. The molecule has 0 spiro atoms. The minimum absolute atomic E-state index is 0.435. The van der Waals surface area contributed by atoms with Gasteiger partial charge >= 0.3 is 0 Å². The first-order valence-corrected chi connectivity index (χ1v) is 5.23. The third-order valence-electron chi connectivity index (χ3n) is 2.50. The molecule has 0 saturated carbocycles. The van der Waals surface area contributed by atoms with Gasteiger partial charge < -0.3 is 10.5 Å². The molecule has 2 heterocycles. The lowest BCUT2D eigenvalue weighted by atomic mass is 10.1. The Bertz CT molecular complexity index is 535. The van der Waals surface area contributed by atoms with Crippen molar-refractivity contribution >= 4 is 5.82 Å². The molecule has 0 aliphatic rings. The van der Waals surface area contributed by atoms with Crippen LogP contribution in [0.25, 0.3) is 11.4 Å². The normalized spacial score (nSPS) is 10.8. The molecule has 0 bridgehead atoms. The molecule has 0 atom stereocenters. The van der Waals surface area contributed by atoms with Crippen LogP contribution in [-0.2, 0) is 18.4 Å². The standard InChI is InChI=1S/C11H15N5O/c1-7-4-9(12)13-5-8(7)11-14-10(6-17-3)16(2)15-11/h4-5H,6H2,1-3H3,(H2,12,13). The summed E-state index contributed by atoms with van der Waals surface area (Å²) in [4.78, 5) is 8.46. The first-order valence-electron chi connectivity index (χ1n) is 5.23. The van der Waals surface area contributed by atoms with Gasteiger partial charge in [0.15, 0.2) is 11.6 Å². The zero-order chi connectivity index (χ0) is 12.4. The fourth-order valence-corrected chi connectivity index (χ4v) is 1.60. The second kappa shape index (κ2) is 4.50. The van der Waals surface area contributed by atoms with E-state index in [2.05, 4.69) is 15.1 Å². The third kappa shape index (κ3) is 2.26. The van der Waals surface area contributed by atoms with E-state index >= 15 is 0 Å². The Hall–Kier alpha value is -1.95. The highest BCUT2D eigenvalue weighted by Gasteiger charge is 2.11. The highest BCUT2D eigenvalue weighted by atomic mass is 16.5. The summed E-state index contributed by atoms with van der Waals surface area (Å²) in [6.07, 6.45) is 1.69. The summed E-state index contributed by atoms with van der Waals surface area (Å²) in [6, 6.07) is 1.81. The Kier molecular flexibility index (Phi) is 3.06. The van der Waals surface area contributed by atoms with Crippen LogP contribution in [0.15, 0.2) is 12.3 Å². The van der Waals surface area contributed by atoms with E-state index in [9.17, 15) is 0 Å². The lowest BCUT2D eigenvalue weighted by Gasteiger charge is -2.01. The lowest BCUT2D eigenvalue weighted by Crippen LogP contribution is -2.00. The van der Waals surface area contributed by atoms with Gasteiger partial charge in [0.05, 0.1) is 0 Å². The van der Waals surface area contributed by atoms with E-state index in [1.807, 2.05) is 20.0 Å². The van der Waals surface area contributed by atoms with Crippen LogP contribution in [0, 0.1) is 6.92 Å². The van der Waals surface area contributed by atoms with Crippen LogP contribution < -0.4 is 5.73 Å². The quantitative estimate of drug-likeness (QED) is 0.852. The predicted octanol–water partition coefficient (Wildman–Crippen LogP) is 0.914. The van der Waals surface area contributed by atoms with E-state index in [-0.39, 0.29) is 0 Å². The summed E-state index contributed by atoms with van der Waals surface area (Å²) in [5, 5.41) is 4.33. The molecule has 6 heteroatoms. The molecule has 2 aromatic rings. The number of methoxy groups -OCH3 is 1. The minimum atomic E-state index is 0.435. The number of ether oxygens (including phenoxy) is 1. The molecule has 0 aliphatic carbocycles. The van der Waals surface area contributed by atoms with Crippen molar-refractivity contribution in [2.45, 2.75) is 13.5 Å². The molecule has 0 unspecified atom stereocenters. The van der Waals surface area contributed by atoms with Gasteiger partial charge in [0.1, 0.15) is 12.4 Å². The smallest absolute Gasteiger partial charge is 0.183 e. The number of aromatic nitrogens is 4. The Balaban J connectivity index is 2.42. The SMILES string of the molecule is COCc1nc(-c2cnc(N)cc2C)nn1C. The van der Waals surface area contributed by atoms with Crippen LogP contribution in [-0.4, -0.2) is 26.9 Å². The van der Waals surface area contributed by atoms with Crippen LogP contribution in [0.4, 0.5) is 5.82 Å². The Labute approximate surface area is 99.4 Å². The summed E-state index contributed by atoms with van der Waals surface area (Å²) in [6.45, 7) is 2.39. The van der Waals surface area contributed by atoms with Crippen LogP contribution >= 0.6 is 0 Å². The van der Waals surface area contributed by atoms with E-state index in [1.165, 1.54) is 0 Å². The maximum absolute atomic E-state index is 5.61. The first-order chi connectivity index (χ1) is 8.11. The molecule has 0 fully saturated rings. The zero-order valence-corrected chi connectivity index (χ0v) is 10.1. The van der Waals surface area contributed by atoms with E-state index in [0.29, 0.717) is 18.2 Å². The van der Waals surface area contributed by atoms with Gasteiger partial charge in [-0.15, -0.1) is 0 Å². The van der Waals surface area contributed by atoms with E-state index < -0.39 is 0 Å². The number of hydrogen-bond donors (Lipinski definition) is 1. The summed E-state index contributed by atoms with van der Waals surface area (Å²) in [5.74, 6) is 1.92. The first kappa shape index (κ1) is 11.5. The monoisotopic (exact) mass is 233 g/mol. The van der Waals surface area contributed by atoms with Gasteiger partial charge in [-0.3, -0.25) is 4.68 Å². The van der Waals surface area contributed by atoms with Crippen molar-refractivity contribution < 1.29 is 4.74 Å². The number of aryl methyl sites for hydroxylation is 2. The molecule has 17 heavy (non-hydrogen) atoms. The summed E-state index contributed by atoms with van der Waals surface area (Å²) in [7, 11) is 3.47. The van der Waals surface area contributed by atoms with Gasteiger partial charge in [-0.25, -0.2) is 9.97 Å². The molecule has 2 aromatic heterocycles. The number of nitrogen functional groups attached to an aromatic ring is 1. The Morgan fingerprint density at radius 2 is 2.24 bits per heavy atom. The van der Waals surface area contributed by atoms with Crippen LogP contribution in [0.2, 0.25) is 0 Å². The van der Waals surface area contributed by atoms with Crippen LogP contribution in [0.3, 0.4) is 0 Å². The number of pyridine rings is 1. The molecule has 2 rings (SSSR count). The average Bonchev–Trinajstić information content (AvgIpc) is 2.60. The van der Waals surface area contributed by atoms with E-state index in [1.54, 1.807) is 18.0 Å². The number of hydrogen-bond acceptors (Lipinski definition) is 5. The summed E-state index contributed by atoms with van der Waals surface area (Å²) >= 11 is 0. The zero-order valence-electron chi connectivity index (χ0n) is 10.1. The molecule has 0 amide bonds. The summed E-state index contributed by atoms with van der Waals surface area (Å²) < 4.78 is 6.75. The van der Waals surface area contributed by atoms with Gasteiger partial charge in [-0.05, 0) is 18.6 Å². The van der Waals surface area contributed by atoms with Crippen LogP contribution in [0.5, 0.6) is 0 Å². The number of rotatable bonds is 3. The molecular formula is C11H15N5O. The maximum Gasteiger partial charge on any atom is 0.183 e. The van der Waals surface area contributed by atoms with E-state index in [0.717, 1.165) is 17.0 Å². The largest absolute Gasteiger partial charge is 0.384 e. The highest BCUT2D eigenvalue weighted by Crippen LogP contribution is 2.20. The minimum Gasteiger partial charge on any atom is -0.384 e. The second-order valence-electron chi connectivity index (χ2n) is 3.83. The highest BCUT2D eigenvalue weighted by molar-refractivity contribution is 5.60. The van der Waals surface area contributed by atoms with Gasteiger partial charge in [0, 0.05) is 25.9 Å². The second-order valence-corrected chi connectivity index (χ2v) is 3.83. The van der Waals surface area contributed by atoms with Gasteiger partial charge in [0.25, 0.3) is 0 Å². The maximum atomic E-state index is 5.61. The fourth-order valence-electron chi connectivity index (χ4n) is 1.60. The van der Waals surface area contributed by atoms with Crippen molar-refractivity contribution in [3.63, 3.8) is 0 Å². The van der Waals surface area contributed by atoms with Crippen molar-refractivity contribution in [1.82, 2.24) is 19.7 Å². The third-order valence-corrected chi connectivity index (χ3v) is 2.50. The van der Waals surface area contributed by atoms with Gasteiger partial charge in [-0.2, -0.15) is 5.10 Å². The molecular weight excluding hydrogens is 218 g/mol. The molecule has 0 aliphatic heterocycles. The lowest BCUT2D eigenvalue weighted by molar-refractivity contribution is 0.174. The van der Waals surface area contributed by atoms with E-state index in [4.69, 9.17) is 10.5 Å². The van der Waals surface area contributed by atoms with Crippen LogP contribution in [0.1, 0.15) is 11.4 Å². The Morgan fingerprint density at radius 3 is 2.88 bits per heavy atom. The molecule has 0 saturated heterocycles. The van der Waals surface area contributed by atoms with Gasteiger partial charge in [-0.1, -0.05) is 0 Å². The Morgan fingerprint density at radius 1 is 1.47 bits per heavy atom. The fraction of sp³-hybridized carbons (Fsp3) is 0.364. The number of anilines is 1. The van der Waals surface area contributed by atoms with Crippen molar-refractivity contribution in [2.75, 3.05) is 12.8 Å². The van der Waals surface area contributed by atoms with Crippen molar-refractivity contribution in [3.05, 3.63) is 23.7 Å². The topological polar surface area (TPSA) is 78.8 Å². The molecule has 6 nitrogen and oxygen atoms in total. The molecule has 2 N–H and O–H groups in total. The predicted molar refractivity (Wildman–Crippen MR) is 64.1 cm³/mol. The van der Waals surface area contributed by atoms with Crippen molar-refractivity contribution in [2.24, 2.45) is 7.05 Å². The summed E-state index contributed by atoms with van der Waals surface area (Å²) in [5.41, 5.74) is 7.50. The van der Waals surface area contributed by atoms with Crippen molar-refractivity contribution in [3.8, 4) is 11.4 Å². The molecule has 0 aromatic carbocycles. The molecule has 0 radical (unpaired) electrons. The molecule has 90 valence electrons.